The maximum Gasteiger partial charge on any atom is 0.0645 e. The second kappa shape index (κ2) is 9.73. The van der Waals surface area contributed by atoms with Gasteiger partial charge < -0.3 is 10.4 Å². The Morgan fingerprint density at radius 3 is 2.64 bits per heavy atom. The minimum absolute atomic E-state index is 0.526. The van der Waals surface area contributed by atoms with Gasteiger partial charge in [-0.15, -0.1) is 0 Å². The molecule has 138 valence electrons. The lowest BCUT2D eigenvalue weighted by Gasteiger charge is -2.18. The van der Waals surface area contributed by atoms with E-state index in [0.717, 1.165) is 38.0 Å². The molecule has 0 radical (unpaired) electrons. The van der Waals surface area contributed by atoms with Gasteiger partial charge in [0, 0.05) is 6.20 Å². The van der Waals surface area contributed by atoms with Gasteiger partial charge in [-0.3, -0.25) is 0 Å². The molecule has 0 amide bonds. The number of aliphatic hydroxyl groups is 1. The molecular formula is C21H33N3O. The van der Waals surface area contributed by atoms with E-state index >= 15 is 0 Å². The van der Waals surface area contributed by atoms with Crippen LogP contribution in [-0.2, 0) is 6.42 Å². The van der Waals surface area contributed by atoms with Crippen LogP contribution in [0.3, 0.4) is 0 Å². The Morgan fingerprint density at radius 2 is 1.92 bits per heavy atom. The number of nitrogens with zero attached hydrogens (tertiary/aromatic N) is 2. The third-order valence-corrected chi connectivity index (χ3v) is 4.55. The molecule has 1 aromatic carbocycles. The summed E-state index contributed by atoms with van der Waals surface area (Å²) < 4.78 is 1.93. The summed E-state index contributed by atoms with van der Waals surface area (Å²) in [6, 6.07) is 10.2. The third-order valence-electron chi connectivity index (χ3n) is 4.55. The molecule has 0 spiro atoms. The van der Waals surface area contributed by atoms with Crippen LogP contribution in [0, 0.1) is 5.92 Å². The molecule has 0 saturated carbocycles. The molecule has 1 atom stereocenters. The second-order valence-electron chi connectivity index (χ2n) is 7.73. The van der Waals surface area contributed by atoms with Gasteiger partial charge in [0.25, 0.3) is 0 Å². The molecule has 2 aromatic rings. The molecule has 2 N–H and O–H groups in total. The first-order valence-corrected chi connectivity index (χ1v) is 9.46. The van der Waals surface area contributed by atoms with Crippen LogP contribution in [0.4, 0.5) is 0 Å². The lowest BCUT2D eigenvalue weighted by Crippen LogP contribution is -2.21. The van der Waals surface area contributed by atoms with Gasteiger partial charge in [-0.25, -0.2) is 4.68 Å². The van der Waals surface area contributed by atoms with E-state index in [9.17, 15) is 5.11 Å². The fourth-order valence-corrected chi connectivity index (χ4v) is 2.94. The molecule has 1 unspecified atom stereocenters. The van der Waals surface area contributed by atoms with Crippen molar-refractivity contribution in [3.8, 4) is 5.69 Å². The maximum atomic E-state index is 9.74. The number of para-hydroxylation sites is 1. The normalized spacial score (nSPS) is 13.1. The van der Waals surface area contributed by atoms with E-state index in [-0.39, 0.29) is 0 Å². The Kier molecular flexibility index (Phi) is 7.66. The Hall–Kier alpha value is -1.65. The van der Waals surface area contributed by atoms with Crippen molar-refractivity contribution < 1.29 is 5.11 Å². The Morgan fingerprint density at radius 1 is 1.16 bits per heavy atom. The predicted octanol–water partition coefficient (Wildman–Crippen LogP) is 3.97. The molecule has 0 aliphatic carbocycles. The van der Waals surface area contributed by atoms with E-state index in [1.165, 1.54) is 18.4 Å². The molecule has 0 fully saturated rings. The zero-order chi connectivity index (χ0) is 18.1. The smallest absolute Gasteiger partial charge is 0.0645 e. The minimum Gasteiger partial charge on any atom is -0.390 e. The SMILES string of the molecule is CC(CCCC(C)(C)O)CCNCCc1cnn(-c2ccccc2)c1. The molecule has 0 saturated heterocycles. The number of hydrogen-bond acceptors (Lipinski definition) is 3. The van der Waals surface area contributed by atoms with Crippen LogP contribution >= 0.6 is 0 Å². The Balaban J connectivity index is 1.58. The zero-order valence-corrected chi connectivity index (χ0v) is 15.9. The quantitative estimate of drug-likeness (QED) is 0.607. The molecular weight excluding hydrogens is 310 g/mol. The molecule has 4 nitrogen and oxygen atoms in total. The lowest BCUT2D eigenvalue weighted by atomic mass is 9.95. The van der Waals surface area contributed by atoms with Crippen molar-refractivity contribution in [3.05, 3.63) is 48.3 Å². The summed E-state index contributed by atoms with van der Waals surface area (Å²) in [6.07, 6.45) is 9.42. The number of nitrogens with one attached hydrogen (secondary N) is 1. The van der Waals surface area contributed by atoms with Crippen molar-refractivity contribution in [2.24, 2.45) is 5.92 Å². The molecule has 4 heteroatoms. The maximum absolute atomic E-state index is 9.74. The third kappa shape index (κ3) is 7.84. The second-order valence-corrected chi connectivity index (χ2v) is 7.73. The van der Waals surface area contributed by atoms with E-state index < -0.39 is 5.60 Å². The average Bonchev–Trinajstić information content (AvgIpc) is 3.03. The lowest BCUT2D eigenvalue weighted by molar-refractivity contribution is 0.0669. The first-order chi connectivity index (χ1) is 11.9. The van der Waals surface area contributed by atoms with Gasteiger partial charge in [0.2, 0.25) is 0 Å². The van der Waals surface area contributed by atoms with E-state index in [1.807, 2.05) is 42.9 Å². The molecule has 0 aliphatic rings. The highest BCUT2D eigenvalue weighted by Crippen LogP contribution is 2.17. The van der Waals surface area contributed by atoms with Crippen LogP contribution in [-0.4, -0.2) is 33.6 Å². The van der Waals surface area contributed by atoms with Crippen LogP contribution in [0.2, 0.25) is 0 Å². The topological polar surface area (TPSA) is 50.1 Å². The van der Waals surface area contributed by atoms with Crippen LogP contribution in [0.25, 0.3) is 5.69 Å². The van der Waals surface area contributed by atoms with Gasteiger partial charge >= 0.3 is 0 Å². The fraction of sp³-hybridized carbons (Fsp3) is 0.571. The summed E-state index contributed by atoms with van der Waals surface area (Å²) in [4.78, 5) is 0. The molecule has 1 aromatic heterocycles. The number of hydrogen-bond donors (Lipinski definition) is 2. The summed E-state index contributed by atoms with van der Waals surface area (Å²) in [5.41, 5.74) is 1.83. The highest BCUT2D eigenvalue weighted by Gasteiger charge is 2.12. The number of benzene rings is 1. The van der Waals surface area contributed by atoms with E-state index in [1.54, 1.807) is 0 Å². The van der Waals surface area contributed by atoms with Gasteiger partial charge in [0.15, 0.2) is 0 Å². The standard InChI is InChI=1S/C21H33N3O/c1-18(8-7-13-21(2,3)25)11-14-22-15-12-19-16-23-24(17-19)20-9-5-4-6-10-20/h4-6,9-10,16-18,22,25H,7-8,11-15H2,1-3H3. The predicted molar refractivity (Wildman–Crippen MR) is 104 cm³/mol. The van der Waals surface area contributed by atoms with Crippen LogP contribution < -0.4 is 5.32 Å². The molecule has 2 rings (SSSR count). The summed E-state index contributed by atoms with van der Waals surface area (Å²) in [7, 11) is 0. The molecule has 0 aliphatic heterocycles. The Bertz CT molecular complexity index is 601. The highest BCUT2D eigenvalue weighted by molar-refractivity contribution is 5.30. The fourth-order valence-electron chi connectivity index (χ4n) is 2.94. The summed E-state index contributed by atoms with van der Waals surface area (Å²) in [5.74, 6) is 0.704. The van der Waals surface area contributed by atoms with Crippen molar-refractivity contribution in [1.29, 1.82) is 0 Å². The van der Waals surface area contributed by atoms with Gasteiger partial charge in [-0.05, 0) is 69.8 Å². The van der Waals surface area contributed by atoms with Crippen molar-refractivity contribution in [2.75, 3.05) is 13.1 Å². The van der Waals surface area contributed by atoms with Crippen molar-refractivity contribution >= 4 is 0 Å². The highest BCUT2D eigenvalue weighted by atomic mass is 16.3. The van der Waals surface area contributed by atoms with Crippen molar-refractivity contribution in [2.45, 2.75) is 58.5 Å². The summed E-state index contributed by atoms with van der Waals surface area (Å²) in [5, 5.41) is 17.7. The molecule has 25 heavy (non-hydrogen) atoms. The van der Waals surface area contributed by atoms with Crippen LogP contribution in [0.5, 0.6) is 0 Å². The monoisotopic (exact) mass is 343 g/mol. The average molecular weight is 344 g/mol. The number of aromatic nitrogens is 2. The van der Waals surface area contributed by atoms with Crippen molar-refractivity contribution in [3.63, 3.8) is 0 Å². The molecule has 0 bridgehead atoms. The summed E-state index contributed by atoms with van der Waals surface area (Å²) in [6.45, 7) is 8.11. The van der Waals surface area contributed by atoms with Gasteiger partial charge in [-0.1, -0.05) is 38.0 Å². The minimum atomic E-state index is -0.526. The van der Waals surface area contributed by atoms with Crippen LogP contribution in [0.15, 0.2) is 42.7 Å². The molecule has 1 heterocycles. The zero-order valence-electron chi connectivity index (χ0n) is 15.9. The number of rotatable bonds is 11. The van der Waals surface area contributed by atoms with E-state index in [2.05, 4.69) is 35.7 Å². The van der Waals surface area contributed by atoms with Gasteiger partial charge in [-0.2, -0.15) is 5.10 Å². The first kappa shape index (κ1) is 19.7. The Labute approximate surface area is 152 Å². The van der Waals surface area contributed by atoms with Gasteiger partial charge in [0.05, 0.1) is 17.5 Å². The summed E-state index contributed by atoms with van der Waals surface area (Å²) >= 11 is 0. The van der Waals surface area contributed by atoms with Gasteiger partial charge in [0.1, 0.15) is 0 Å². The van der Waals surface area contributed by atoms with E-state index in [0.29, 0.717) is 5.92 Å². The largest absolute Gasteiger partial charge is 0.390 e. The van der Waals surface area contributed by atoms with E-state index in [4.69, 9.17) is 0 Å². The van der Waals surface area contributed by atoms with Crippen molar-refractivity contribution in [1.82, 2.24) is 15.1 Å². The van der Waals surface area contributed by atoms with Crippen LogP contribution in [0.1, 0.15) is 52.0 Å². The first-order valence-electron chi connectivity index (χ1n) is 9.46.